The minimum absolute atomic E-state index is 0.191. The fourth-order valence-electron chi connectivity index (χ4n) is 1.29. The van der Waals surface area contributed by atoms with Gasteiger partial charge in [-0.25, -0.2) is 4.98 Å². The zero-order valence-electron chi connectivity index (χ0n) is 7.99. The summed E-state index contributed by atoms with van der Waals surface area (Å²) in [5.74, 6) is 1.59. The van der Waals surface area contributed by atoms with E-state index >= 15 is 0 Å². The van der Waals surface area contributed by atoms with Gasteiger partial charge in [-0.3, -0.25) is 0 Å². The largest absolute Gasteiger partial charge is 0.333 e. The first-order valence-electron chi connectivity index (χ1n) is 4.38. The molecule has 3 heteroatoms. The predicted octanol–water partition coefficient (Wildman–Crippen LogP) is 1.35. The highest BCUT2D eigenvalue weighted by atomic mass is 15.1. The van der Waals surface area contributed by atoms with E-state index in [0.29, 0.717) is 5.92 Å². The Kier molecular flexibility index (Phi) is 2.87. The van der Waals surface area contributed by atoms with E-state index in [9.17, 15) is 0 Å². The van der Waals surface area contributed by atoms with Crippen LogP contribution in [0.5, 0.6) is 0 Å². The molecule has 0 bridgehead atoms. The first-order chi connectivity index (χ1) is 5.61. The molecule has 3 nitrogen and oxygen atoms in total. The van der Waals surface area contributed by atoms with Crippen LogP contribution in [0.4, 0.5) is 0 Å². The van der Waals surface area contributed by atoms with Crippen molar-refractivity contribution in [1.29, 1.82) is 0 Å². The van der Waals surface area contributed by atoms with E-state index < -0.39 is 0 Å². The lowest BCUT2D eigenvalue weighted by Gasteiger charge is -2.11. The van der Waals surface area contributed by atoms with Gasteiger partial charge in [0.2, 0.25) is 0 Å². The fourth-order valence-corrected chi connectivity index (χ4v) is 1.29. The second-order valence-electron chi connectivity index (χ2n) is 3.57. The third-order valence-corrected chi connectivity index (χ3v) is 1.75. The number of imidazole rings is 1. The lowest BCUT2D eigenvalue weighted by molar-refractivity contribution is 0.552. The summed E-state index contributed by atoms with van der Waals surface area (Å²) < 4.78 is 2.12. The number of hydrogen-bond acceptors (Lipinski definition) is 2. The molecular formula is C9H17N3. The van der Waals surface area contributed by atoms with Crippen molar-refractivity contribution in [2.75, 3.05) is 0 Å². The number of hydrogen-bond donors (Lipinski definition) is 1. The van der Waals surface area contributed by atoms with Crippen molar-refractivity contribution in [3.05, 3.63) is 18.2 Å². The molecular weight excluding hydrogens is 150 g/mol. The monoisotopic (exact) mass is 167 g/mol. The molecule has 0 aliphatic rings. The van der Waals surface area contributed by atoms with Crippen LogP contribution in [0.25, 0.3) is 0 Å². The van der Waals surface area contributed by atoms with Crippen molar-refractivity contribution in [1.82, 2.24) is 9.55 Å². The molecule has 0 spiro atoms. The molecule has 1 atom stereocenters. The molecule has 68 valence electrons. The van der Waals surface area contributed by atoms with Crippen LogP contribution in [0.3, 0.4) is 0 Å². The summed E-state index contributed by atoms with van der Waals surface area (Å²) in [6, 6.07) is 0.191. The van der Waals surface area contributed by atoms with Gasteiger partial charge in [0.15, 0.2) is 0 Å². The smallest absolute Gasteiger partial charge is 0.111 e. The summed E-state index contributed by atoms with van der Waals surface area (Å²) in [6.45, 7) is 7.14. The van der Waals surface area contributed by atoms with E-state index in [4.69, 9.17) is 5.73 Å². The number of nitrogens with two attached hydrogens (primary N) is 1. The van der Waals surface area contributed by atoms with Crippen LogP contribution in [0.2, 0.25) is 0 Å². The van der Waals surface area contributed by atoms with Crippen LogP contribution in [-0.4, -0.2) is 15.6 Å². The van der Waals surface area contributed by atoms with Crippen molar-refractivity contribution in [3.63, 3.8) is 0 Å². The van der Waals surface area contributed by atoms with Crippen LogP contribution in [0, 0.1) is 0 Å². The van der Waals surface area contributed by atoms with Gasteiger partial charge in [0.25, 0.3) is 0 Å². The second-order valence-corrected chi connectivity index (χ2v) is 3.57. The van der Waals surface area contributed by atoms with Crippen LogP contribution < -0.4 is 5.73 Å². The Morgan fingerprint density at radius 1 is 1.50 bits per heavy atom. The summed E-state index contributed by atoms with van der Waals surface area (Å²) in [7, 11) is 0. The molecule has 1 aromatic heterocycles. The van der Waals surface area contributed by atoms with E-state index in [1.165, 1.54) is 0 Å². The Bertz CT molecular complexity index is 238. The van der Waals surface area contributed by atoms with Crippen LogP contribution in [-0.2, 0) is 6.54 Å². The molecule has 0 saturated heterocycles. The third-order valence-electron chi connectivity index (χ3n) is 1.75. The molecule has 0 saturated carbocycles. The van der Waals surface area contributed by atoms with E-state index in [2.05, 4.69) is 23.4 Å². The maximum absolute atomic E-state index is 5.70. The number of aromatic nitrogens is 2. The van der Waals surface area contributed by atoms with Gasteiger partial charge < -0.3 is 10.3 Å². The van der Waals surface area contributed by atoms with Crippen molar-refractivity contribution < 1.29 is 0 Å². The van der Waals surface area contributed by atoms with Gasteiger partial charge in [0.1, 0.15) is 5.82 Å². The lowest BCUT2D eigenvalue weighted by atomic mass is 10.2. The average molecular weight is 167 g/mol. The molecule has 0 aliphatic heterocycles. The topological polar surface area (TPSA) is 43.8 Å². The first kappa shape index (κ1) is 9.26. The molecule has 0 aromatic carbocycles. The Morgan fingerprint density at radius 3 is 2.67 bits per heavy atom. The third kappa shape index (κ3) is 2.08. The molecule has 12 heavy (non-hydrogen) atoms. The Balaban J connectivity index is 2.77. The van der Waals surface area contributed by atoms with Gasteiger partial charge in [-0.1, -0.05) is 13.8 Å². The van der Waals surface area contributed by atoms with E-state index in [1.807, 2.05) is 19.3 Å². The zero-order valence-corrected chi connectivity index (χ0v) is 7.99. The SMILES string of the molecule is CC(C)c1nccn1C[C@@H](C)N. The molecule has 0 unspecified atom stereocenters. The van der Waals surface area contributed by atoms with Gasteiger partial charge in [0.05, 0.1) is 0 Å². The van der Waals surface area contributed by atoms with Crippen LogP contribution >= 0.6 is 0 Å². The van der Waals surface area contributed by atoms with E-state index in [0.717, 1.165) is 12.4 Å². The van der Waals surface area contributed by atoms with Gasteiger partial charge in [-0.05, 0) is 6.92 Å². The summed E-state index contributed by atoms with van der Waals surface area (Å²) in [5.41, 5.74) is 5.70. The van der Waals surface area contributed by atoms with Gasteiger partial charge in [-0.2, -0.15) is 0 Å². The minimum Gasteiger partial charge on any atom is -0.333 e. The molecule has 0 fully saturated rings. The van der Waals surface area contributed by atoms with Gasteiger partial charge >= 0.3 is 0 Å². The van der Waals surface area contributed by atoms with Crippen molar-refractivity contribution >= 4 is 0 Å². The molecule has 0 aliphatic carbocycles. The Labute approximate surface area is 73.6 Å². The molecule has 1 heterocycles. The van der Waals surface area contributed by atoms with Gasteiger partial charge in [-0.15, -0.1) is 0 Å². The summed E-state index contributed by atoms with van der Waals surface area (Å²) in [5, 5.41) is 0. The molecule has 2 N–H and O–H groups in total. The lowest BCUT2D eigenvalue weighted by Crippen LogP contribution is -2.23. The molecule has 0 radical (unpaired) electrons. The maximum atomic E-state index is 5.70. The van der Waals surface area contributed by atoms with E-state index in [1.54, 1.807) is 0 Å². The zero-order chi connectivity index (χ0) is 9.14. The van der Waals surface area contributed by atoms with Crippen molar-refractivity contribution in [3.8, 4) is 0 Å². The normalized spacial score (nSPS) is 13.8. The molecule has 1 aromatic rings. The fraction of sp³-hybridized carbons (Fsp3) is 0.667. The van der Waals surface area contributed by atoms with Crippen LogP contribution in [0.15, 0.2) is 12.4 Å². The van der Waals surface area contributed by atoms with Crippen molar-refractivity contribution in [2.24, 2.45) is 5.73 Å². The predicted molar refractivity (Wildman–Crippen MR) is 50.0 cm³/mol. The molecule has 0 amide bonds. The Hall–Kier alpha value is -0.830. The minimum atomic E-state index is 0.191. The maximum Gasteiger partial charge on any atom is 0.111 e. The summed E-state index contributed by atoms with van der Waals surface area (Å²) in [4.78, 5) is 4.28. The average Bonchev–Trinajstić information content (AvgIpc) is 2.33. The standard InChI is InChI=1S/C9H17N3/c1-7(2)9-11-4-5-12(9)6-8(3)10/h4-5,7-8H,6,10H2,1-3H3/t8-/m1/s1. The van der Waals surface area contributed by atoms with Gasteiger partial charge in [0, 0.05) is 30.9 Å². The van der Waals surface area contributed by atoms with E-state index in [-0.39, 0.29) is 6.04 Å². The highest BCUT2D eigenvalue weighted by molar-refractivity contribution is 4.97. The quantitative estimate of drug-likeness (QED) is 0.738. The van der Waals surface area contributed by atoms with Crippen molar-refractivity contribution in [2.45, 2.75) is 39.3 Å². The first-order valence-corrected chi connectivity index (χ1v) is 4.38. The summed E-state index contributed by atoms with van der Waals surface area (Å²) >= 11 is 0. The molecule has 1 rings (SSSR count). The number of rotatable bonds is 3. The van der Waals surface area contributed by atoms with Crippen LogP contribution in [0.1, 0.15) is 32.5 Å². The Morgan fingerprint density at radius 2 is 2.17 bits per heavy atom. The summed E-state index contributed by atoms with van der Waals surface area (Å²) in [6.07, 6.45) is 3.82. The highest BCUT2D eigenvalue weighted by Gasteiger charge is 2.07. The second kappa shape index (κ2) is 3.72. The number of nitrogens with zero attached hydrogens (tertiary/aromatic N) is 2. The highest BCUT2D eigenvalue weighted by Crippen LogP contribution is 2.11.